The van der Waals surface area contributed by atoms with Crippen molar-refractivity contribution in [2.75, 3.05) is 40.9 Å². The zero-order valence-electron chi connectivity index (χ0n) is 17.3. The predicted octanol–water partition coefficient (Wildman–Crippen LogP) is 3.08. The summed E-state index contributed by atoms with van der Waals surface area (Å²) in [5.74, 6) is 2.36. The van der Waals surface area contributed by atoms with Gasteiger partial charge in [0.15, 0.2) is 17.5 Å². The molecule has 0 aromatic heterocycles. The summed E-state index contributed by atoms with van der Waals surface area (Å²) in [5, 5.41) is 7.45. The molecule has 7 heteroatoms. The van der Waals surface area contributed by atoms with Crippen LogP contribution in [0.5, 0.6) is 11.5 Å². The maximum absolute atomic E-state index is 6.21. The van der Waals surface area contributed by atoms with Crippen LogP contribution in [-0.2, 0) is 19.5 Å². The Bertz CT molecular complexity index is 857. The van der Waals surface area contributed by atoms with Gasteiger partial charge in [0.2, 0.25) is 0 Å². The number of hydrogen-bond donors (Lipinski definition) is 2. The van der Waals surface area contributed by atoms with Crippen molar-refractivity contribution in [1.82, 2.24) is 15.5 Å². The summed E-state index contributed by atoms with van der Waals surface area (Å²) < 4.78 is 10.9. The molecule has 1 aliphatic heterocycles. The summed E-state index contributed by atoms with van der Waals surface area (Å²) in [6.07, 6.45) is 1.01. The van der Waals surface area contributed by atoms with Gasteiger partial charge in [-0.3, -0.25) is 9.89 Å². The normalized spacial score (nSPS) is 14.3. The minimum Gasteiger partial charge on any atom is -0.493 e. The molecule has 0 saturated heterocycles. The molecule has 1 aliphatic rings. The number of methoxy groups -OCH3 is 2. The van der Waals surface area contributed by atoms with Crippen LogP contribution in [0.15, 0.2) is 41.4 Å². The molecule has 3 rings (SSSR count). The first kappa shape index (κ1) is 21.3. The van der Waals surface area contributed by atoms with E-state index >= 15 is 0 Å². The molecule has 0 spiro atoms. The lowest BCUT2D eigenvalue weighted by Crippen LogP contribution is -2.42. The molecule has 0 bridgehead atoms. The summed E-state index contributed by atoms with van der Waals surface area (Å²) in [6.45, 7) is 4.31. The van der Waals surface area contributed by atoms with E-state index in [0.717, 1.165) is 60.6 Å². The number of ether oxygens (including phenoxy) is 2. The van der Waals surface area contributed by atoms with Gasteiger partial charge in [0, 0.05) is 44.8 Å². The standard InChI is InChI=1S/C22H29ClN4O2/c1-24-22(26-14-17-6-4-5-7-19(17)23)25-9-11-27-10-8-16-12-20(28-2)21(29-3)13-18(16)15-27/h4-7,12-13H,8-11,14-15H2,1-3H3,(H2,24,25,26). The van der Waals surface area contributed by atoms with Crippen LogP contribution in [-0.4, -0.2) is 51.8 Å². The molecule has 2 N–H and O–H groups in total. The summed E-state index contributed by atoms with van der Waals surface area (Å²) in [6, 6.07) is 12.0. The molecule has 0 unspecified atom stereocenters. The van der Waals surface area contributed by atoms with Gasteiger partial charge in [-0.25, -0.2) is 0 Å². The van der Waals surface area contributed by atoms with E-state index in [1.807, 2.05) is 24.3 Å². The molecule has 0 fully saturated rings. The van der Waals surface area contributed by atoms with Crippen molar-refractivity contribution in [2.45, 2.75) is 19.5 Å². The zero-order chi connectivity index (χ0) is 20.6. The van der Waals surface area contributed by atoms with Gasteiger partial charge < -0.3 is 20.1 Å². The lowest BCUT2D eigenvalue weighted by atomic mass is 9.99. The summed E-state index contributed by atoms with van der Waals surface area (Å²) >= 11 is 6.21. The van der Waals surface area contributed by atoms with Crippen molar-refractivity contribution < 1.29 is 9.47 Å². The lowest BCUT2D eigenvalue weighted by Gasteiger charge is -2.29. The predicted molar refractivity (Wildman–Crippen MR) is 118 cm³/mol. The molecular weight excluding hydrogens is 388 g/mol. The van der Waals surface area contributed by atoms with Crippen LogP contribution in [0.2, 0.25) is 5.02 Å². The van der Waals surface area contributed by atoms with Gasteiger partial charge in [0.05, 0.1) is 14.2 Å². The number of guanidine groups is 1. The van der Waals surface area contributed by atoms with Crippen LogP contribution in [0.25, 0.3) is 0 Å². The first-order valence-electron chi connectivity index (χ1n) is 9.78. The maximum atomic E-state index is 6.21. The number of benzene rings is 2. The van der Waals surface area contributed by atoms with E-state index in [1.165, 1.54) is 11.1 Å². The van der Waals surface area contributed by atoms with Crippen molar-refractivity contribution in [3.05, 3.63) is 58.1 Å². The SMILES string of the molecule is CN=C(NCCN1CCc2cc(OC)c(OC)cc2C1)NCc1ccccc1Cl. The van der Waals surface area contributed by atoms with Crippen molar-refractivity contribution in [2.24, 2.45) is 4.99 Å². The highest BCUT2D eigenvalue weighted by molar-refractivity contribution is 6.31. The van der Waals surface area contributed by atoms with E-state index in [0.29, 0.717) is 6.54 Å². The molecule has 0 amide bonds. The summed E-state index contributed by atoms with van der Waals surface area (Å²) in [5.41, 5.74) is 3.69. The fourth-order valence-electron chi connectivity index (χ4n) is 3.51. The quantitative estimate of drug-likeness (QED) is 0.536. The van der Waals surface area contributed by atoms with Crippen molar-refractivity contribution in [1.29, 1.82) is 0 Å². The van der Waals surface area contributed by atoms with Gasteiger partial charge in [-0.05, 0) is 41.3 Å². The van der Waals surface area contributed by atoms with Gasteiger partial charge in [-0.1, -0.05) is 29.8 Å². The van der Waals surface area contributed by atoms with Crippen LogP contribution in [0.1, 0.15) is 16.7 Å². The van der Waals surface area contributed by atoms with Crippen LogP contribution >= 0.6 is 11.6 Å². The number of nitrogens with one attached hydrogen (secondary N) is 2. The Morgan fingerprint density at radius 2 is 1.83 bits per heavy atom. The number of halogens is 1. The van der Waals surface area contributed by atoms with E-state index in [9.17, 15) is 0 Å². The molecule has 0 saturated carbocycles. The Kier molecular flexibility index (Phi) is 7.61. The molecule has 29 heavy (non-hydrogen) atoms. The Hall–Kier alpha value is -2.44. The maximum Gasteiger partial charge on any atom is 0.191 e. The Labute approximate surface area is 177 Å². The Balaban J connectivity index is 1.48. The molecule has 6 nitrogen and oxygen atoms in total. The molecule has 0 atom stereocenters. The number of fused-ring (bicyclic) bond motifs is 1. The van der Waals surface area contributed by atoms with Crippen LogP contribution in [0.3, 0.4) is 0 Å². The van der Waals surface area contributed by atoms with Gasteiger partial charge in [-0.15, -0.1) is 0 Å². The summed E-state index contributed by atoms with van der Waals surface area (Å²) in [7, 11) is 5.13. The monoisotopic (exact) mass is 416 g/mol. The van der Waals surface area contributed by atoms with Gasteiger partial charge >= 0.3 is 0 Å². The number of hydrogen-bond acceptors (Lipinski definition) is 4. The van der Waals surface area contributed by atoms with E-state index in [-0.39, 0.29) is 0 Å². The molecule has 2 aromatic rings. The van der Waals surface area contributed by atoms with E-state index in [2.05, 4.69) is 32.7 Å². The Morgan fingerprint density at radius 3 is 2.52 bits per heavy atom. The topological polar surface area (TPSA) is 58.1 Å². The average molecular weight is 417 g/mol. The smallest absolute Gasteiger partial charge is 0.191 e. The molecule has 0 aliphatic carbocycles. The summed E-state index contributed by atoms with van der Waals surface area (Å²) in [4.78, 5) is 6.73. The van der Waals surface area contributed by atoms with E-state index in [4.69, 9.17) is 21.1 Å². The second kappa shape index (κ2) is 10.4. The zero-order valence-corrected chi connectivity index (χ0v) is 18.1. The first-order valence-corrected chi connectivity index (χ1v) is 10.2. The minimum absolute atomic E-state index is 0.637. The second-order valence-electron chi connectivity index (χ2n) is 6.95. The number of rotatable bonds is 7. The van der Waals surface area contributed by atoms with Gasteiger partial charge in [0.25, 0.3) is 0 Å². The third kappa shape index (κ3) is 5.55. The van der Waals surface area contributed by atoms with Gasteiger partial charge in [0.1, 0.15) is 0 Å². The fraction of sp³-hybridized carbons (Fsp3) is 0.409. The minimum atomic E-state index is 0.637. The highest BCUT2D eigenvalue weighted by Gasteiger charge is 2.19. The largest absolute Gasteiger partial charge is 0.493 e. The van der Waals surface area contributed by atoms with E-state index in [1.54, 1.807) is 21.3 Å². The van der Waals surface area contributed by atoms with E-state index < -0.39 is 0 Å². The van der Waals surface area contributed by atoms with Crippen molar-refractivity contribution in [3.8, 4) is 11.5 Å². The third-order valence-electron chi connectivity index (χ3n) is 5.15. The molecule has 0 radical (unpaired) electrons. The molecular formula is C22H29ClN4O2. The van der Waals surface area contributed by atoms with Crippen LogP contribution in [0.4, 0.5) is 0 Å². The Morgan fingerprint density at radius 1 is 1.10 bits per heavy atom. The van der Waals surface area contributed by atoms with Gasteiger partial charge in [-0.2, -0.15) is 0 Å². The highest BCUT2D eigenvalue weighted by atomic mass is 35.5. The molecule has 1 heterocycles. The number of aliphatic imine (C=N–C) groups is 1. The first-order chi connectivity index (χ1) is 14.1. The third-order valence-corrected chi connectivity index (χ3v) is 5.51. The average Bonchev–Trinajstić information content (AvgIpc) is 2.75. The fourth-order valence-corrected chi connectivity index (χ4v) is 3.71. The van der Waals surface area contributed by atoms with Crippen LogP contribution in [0, 0.1) is 0 Å². The molecule has 2 aromatic carbocycles. The van der Waals surface area contributed by atoms with Crippen LogP contribution < -0.4 is 20.1 Å². The number of nitrogens with zero attached hydrogens (tertiary/aromatic N) is 2. The second-order valence-corrected chi connectivity index (χ2v) is 7.35. The lowest BCUT2D eigenvalue weighted by molar-refractivity contribution is 0.256. The molecule has 156 valence electrons. The van der Waals surface area contributed by atoms with Crippen molar-refractivity contribution >= 4 is 17.6 Å². The highest BCUT2D eigenvalue weighted by Crippen LogP contribution is 2.33. The van der Waals surface area contributed by atoms with Crippen molar-refractivity contribution in [3.63, 3.8) is 0 Å².